The molecule has 1 heterocycles. The minimum Gasteiger partial charge on any atom is -0.325 e. The van der Waals surface area contributed by atoms with Gasteiger partial charge >= 0.3 is 0 Å². The van der Waals surface area contributed by atoms with Crippen LogP contribution in [0.3, 0.4) is 0 Å². The molecular formula is C18H33N3. The van der Waals surface area contributed by atoms with E-state index in [0.29, 0.717) is 6.04 Å². The highest BCUT2D eigenvalue weighted by atomic mass is 15.3. The second-order valence-electron chi connectivity index (χ2n) is 7.40. The largest absolute Gasteiger partial charge is 0.325 e. The maximum Gasteiger partial charge on any atom is 0.0643 e. The Morgan fingerprint density at radius 3 is 2.71 bits per heavy atom. The van der Waals surface area contributed by atoms with Crippen LogP contribution in [0.2, 0.25) is 0 Å². The summed E-state index contributed by atoms with van der Waals surface area (Å²) in [6.45, 7) is 9.12. The highest BCUT2D eigenvalue weighted by Crippen LogP contribution is 2.36. The third kappa shape index (κ3) is 4.09. The van der Waals surface area contributed by atoms with Crippen LogP contribution in [-0.2, 0) is 6.42 Å². The Morgan fingerprint density at radius 2 is 2.10 bits per heavy atom. The van der Waals surface area contributed by atoms with Gasteiger partial charge in [-0.25, -0.2) is 0 Å². The van der Waals surface area contributed by atoms with Gasteiger partial charge in [0.25, 0.3) is 0 Å². The van der Waals surface area contributed by atoms with Crippen molar-refractivity contribution in [3.63, 3.8) is 0 Å². The van der Waals surface area contributed by atoms with Crippen molar-refractivity contribution in [3.8, 4) is 0 Å². The van der Waals surface area contributed by atoms with Crippen LogP contribution in [0.4, 0.5) is 0 Å². The maximum absolute atomic E-state index is 6.72. The first-order valence-electron chi connectivity index (χ1n) is 8.80. The topological polar surface area (TPSA) is 43.8 Å². The van der Waals surface area contributed by atoms with Gasteiger partial charge in [0.15, 0.2) is 0 Å². The SMILES string of the molecule is CCC(CC)n1ccc(CC2(N)CCCC(C(C)C)C2)n1. The number of rotatable bonds is 6. The van der Waals surface area contributed by atoms with Gasteiger partial charge in [-0.2, -0.15) is 5.10 Å². The molecule has 1 aliphatic carbocycles. The molecular weight excluding hydrogens is 258 g/mol. The molecule has 2 N–H and O–H groups in total. The molecule has 0 radical (unpaired) electrons. The minimum absolute atomic E-state index is 0.0414. The van der Waals surface area contributed by atoms with Crippen LogP contribution in [0.15, 0.2) is 12.3 Å². The minimum atomic E-state index is -0.0414. The van der Waals surface area contributed by atoms with E-state index in [1.54, 1.807) is 0 Å². The Hall–Kier alpha value is -0.830. The molecule has 3 heteroatoms. The molecule has 0 saturated heterocycles. The van der Waals surface area contributed by atoms with Crippen molar-refractivity contribution < 1.29 is 0 Å². The lowest BCUT2D eigenvalue weighted by Crippen LogP contribution is -2.47. The van der Waals surface area contributed by atoms with E-state index in [2.05, 4.69) is 44.6 Å². The molecule has 0 bridgehead atoms. The maximum atomic E-state index is 6.72. The average Bonchev–Trinajstić information content (AvgIpc) is 2.87. The average molecular weight is 291 g/mol. The zero-order chi connectivity index (χ0) is 15.5. The Bertz CT molecular complexity index is 433. The molecule has 0 spiro atoms. The van der Waals surface area contributed by atoms with Crippen LogP contribution >= 0.6 is 0 Å². The second-order valence-corrected chi connectivity index (χ2v) is 7.40. The van der Waals surface area contributed by atoms with Gasteiger partial charge in [-0.15, -0.1) is 0 Å². The highest BCUT2D eigenvalue weighted by Gasteiger charge is 2.34. The number of nitrogens with zero attached hydrogens (tertiary/aromatic N) is 2. The molecule has 21 heavy (non-hydrogen) atoms. The van der Waals surface area contributed by atoms with Crippen LogP contribution in [0.25, 0.3) is 0 Å². The van der Waals surface area contributed by atoms with Gasteiger partial charge in [0.1, 0.15) is 0 Å². The van der Waals surface area contributed by atoms with Gasteiger partial charge in [0.2, 0.25) is 0 Å². The third-order valence-corrected chi connectivity index (χ3v) is 5.37. The summed E-state index contributed by atoms with van der Waals surface area (Å²) in [5.74, 6) is 1.53. The Balaban J connectivity index is 2.03. The normalized spacial score (nSPS) is 26.7. The van der Waals surface area contributed by atoms with Crippen LogP contribution in [-0.4, -0.2) is 15.3 Å². The van der Waals surface area contributed by atoms with E-state index in [-0.39, 0.29) is 5.54 Å². The number of aromatic nitrogens is 2. The second kappa shape index (κ2) is 6.95. The van der Waals surface area contributed by atoms with Crippen LogP contribution in [0.5, 0.6) is 0 Å². The monoisotopic (exact) mass is 291 g/mol. The smallest absolute Gasteiger partial charge is 0.0643 e. The zero-order valence-electron chi connectivity index (χ0n) is 14.3. The summed E-state index contributed by atoms with van der Waals surface area (Å²) in [5, 5.41) is 4.80. The number of hydrogen-bond acceptors (Lipinski definition) is 2. The van der Waals surface area contributed by atoms with Crippen molar-refractivity contribution in [1.29, 1.82) is 0 Å². The molecule has 0 amide bonds. The first-order chi connectivity index (χ1) is 9.97. The summed E-state index contributed by atoms with van der Waals surface area (Å²) < 4.78 is 2.14. The lowest BCUT2D eigenvalue weighted by Gasteiger charge is -2.39. The predicted molar refractivity (Wildman–Crippen MR) is 89.3 cm³/mol. The predicted octanol–water partition coefficient (Wildman–Crippen LogP) is 4.33. The summed E-state index contributed by atoms with van der Waals surface area (Å²) in [7, 11) is 0. The van der Waals surface area contributed by atoms with Crippen molar-refractivity contribution >= 4 is 0 Å². The van der Waals surface area contributed by atoms with Crippen molar-refractivity contribution in [2.45, 2.75) is 84.2 Å². The molecule has 2 rings (SSSR count). The van der Waals surface area contributed by atoms with Crippen molar-refractivity contribution in [3.05, 3.63) is 18.0 Å². The summed E-state index contributed by atoms with van der Waals surface area (Å²) >= 11 is 0. The third-order valence-electron chi connectivity index (χ3n) is 5.37. The fraction of sp³-hybridized carbons (Fsp3) is 0.833. The van der Waals surface area contributed by atoms with E-state index >= 15 is 0 Å². The molecule has 1 saturated carbocycles. The first kappa shape index (κ1) is 16.5. The summed E-state index contributed by atoms with van der Waals surface area (Å²) in [6, 6.07) is 2.70. The molecule has 1 aromatic rings. The first-order valence-corrected chi connectivity index (χ1v) is 8.80. The van der Waals surface area contributed by atoms with Crippen LogP contribution < -0.4 is 5.73 Å². The number of hydrogen-bond donors (Lipinski definition) is 1. The Kier molecular flexibility index (Phi) is 5.48. The lowest BCUT2D eigenvalue weighted by molar-refractivity contribution is 0.181. The fourth-order valence-corrected chi connectivity index (χ4v) is 3.87. The molecule has 1 aromatic heterocycles. The zero-order valence-corrected chi connectivity index (χ0v) is 14.3. The van der Waals surface area contributed by atoms with E-state index in [9.17, 15) is 0 Å². The van der Waals surface area contributed by atoms with E-state index < -0.39 is 0 Å². The van der Waals surface area contributed by atoms with Crippen molar-refractivity contribution in [2.75, 3.05) is 0 Å². The van der Waals surface area contributed by atoms with Crippen LogP contribution in [0, 0.1) is 11.8 Å². The fourth-order valence-electron chi connectivity index (χ4n) is 3.87. The molecule has 0 aromatic carbocycles. The quantitative estimate of drug-likeness (QED) is 0.847. The lowest BCUT2D eigenvalue weighted by atomic mass is 9.70. The van der Waals surface area contributed by atoms with Gasteiger partial charge in [0, 0.05) is 18.2 Å². The molecule has 120 valence electrons. The van der Waals surface area contributed by atoms with Crippen molar-refractivity contribution in [2.24, 2.45) is 17.6 Å². The Labute approximate surface area is 130 Å². The summed E-state index contributed by atoms with van der Waals surface area (Å²) in [5.41, 5.74) is 7.85. The summed E-state index contributed by atoms with van der Waals surface area (Å²) in [4.78, 5) is 0. The van der Waals surface area contributed by atoms with Crippen molar-refractivity contribution in [1.82, 2.24) is 9.78 Å². The molecule has 2 atom stereocenters. The van der Waals surface area contributed by atoms with E-state index in [4.69, 9.17) is 10.8 Å². The highest BCUT2D eigenvalue weighted by molar-refractivity contribution is 5.07. The molecule has 0 aliphatic heterocycles. The Morgan fingerprint density at radius 1 is 1.38 bits per heavy atom. The van der Waals surface area contributed by atoms with Gasteiger partial charge in [0.05, 0.1) is 11.7 Å². The molecule has 2 unspecified atom stereocenters. The van der Waals surface area contributed by atoms with E-state index in [1.807, 2.05) is 0 Å². The van der Waals surface area contributed by atoms with Gasteiger partial charge in [-0.05, 0) is 43.6 Å². The van der Waals surface area contributed by atoms with E-state index in [0.717, 1.165) is 43.9 Å². The van der Waals surface area contributed by atoms with E-state index in [1.165, 1.54) is 18.5 Å². The standard InChI is InChI=1S/C18H33N3/c1-5-17(6-2)21-11-9-16(20-21)13-18(19)10-7-8-15(12-18)14(3)4/h9,11,14-15,17H,5-8,10,12-13,19H2,1-4H3. The number of nitrogens with two attached hydrogens (primary N) is 1. The molecule has 3 nitrogen and oxygen atoms in total. The van der Waals surface area contributed by atoms with Gasteiger partial charge in [-0.3, -0.25) is 4.68 Å². The molecule has 1 aliphatic rings. The molecule has 1 fully saturated rings. The van der Waals surface area contributed by atoms with Crippen LogP contribution in [0.1, 0.15) is 78.0 Å². The van der Waals surface area contributed by atoms with Gasteiger partial charge in [-0.1, -0.05) is 40.5 Å². The summed E-state index contributed by atoms with van der Waals surface area (Å²) in [6.07, 6.45) is 10.3. The van der Waals surface area contributed by atoms with Gasteiger partial charge < -0.3 is 5.73 Å².